The Morgan fingerprint density at radius 1 is 0.881 bits per heavy atom. The number of nitrogens with zero attached hydrogens (tertiary/aromatic N) is 2. The van der Waals surface area contributed by atoms with Crippen LogP contribution in [0.3, 0.4) is 0 Å². The van der Waals surface area contributed by atoms with Crippen LogP contribution in [0.4, 0.5) is 14.5 Å². The zero-order chi connectivity index (χ0) is 30.4. The Balaban J connectivity index is 1.70. The highest BCUT2D eigenvalue weighted by Gasteiger charge is 2.33. The van der Waals surface area contributed by atoms with Gasteiger partial charge in [0.1, 0.15) is 37.4 Å². The molecule has 0 aliphatic carbocycles. The summed E-state index contributed by atoms with van der Waals surface area (Å²) in [6, 6.07) is 13.2. The fourth-order valence-corrected chi connectivity index (χ4v) is 5.70. The Kier molecular flexibility index (Phi) is 9.66. The zero-order valence-corrected chi connectivity index (χ0v) is 24.4. The second kappa shape index (κ2) is 13.2. The van der Waals surface area contributed by atoms with Crippen molar-refractivity contribution in [2.24, 2.45) is 5.92 Å². The fourth-order valence-electron chi connectivity index (χ4n) is 4.27. The van der Waals surface area contributed by atoms with Crippen LogP contribution in [0.5, 0.6) is 11.5 Å². The van der Waals surface area contributed by atoms with Gasteiger partial charge in [-0.15, -0.1) is 0 Å². The first-order valence-electron chi connectivity index (χ1n) is 13.5. The lowest BCUT2D eigenvalue weighted by molar-refractivity contribution is -0.139. The van der Waals surface area contributed by atoms with E-state index in [4.69, 9.17) is 9.47 Å². The third-order valence-electron chi connectivity index (χ3n) is 6.61. The number of hydrogen-bond donors (Lipinski definition) is 1. The van der Waals surface area contributed by atoms with Gasteiger partial charge in [-0.3, -0.25) is 13.9 Å². The summed E-state index contributed by atoms with van der Waals surface area (Å²) in [7, 11) is -4.40. The molecule has 0 spiro atoms. The van der Waals surface area contributed by atoms with Crippen molar-refractivity contribution in [3.05, 3.63) is 83.9 Å². The highest BCUT2D eigenvalue weighted by atomic mass is 32.2. The number of rotatable bonds is 11. The molecule has 4 rings (SSSR count). The SMILES string of the molecule is CC(C)CNC(=O)C(C)N(Cc1ccc(F)cc1)C(=O)CN(c1ccc(F)cc1)S(=O)(=O)c1ccc2c(c1)OCCO2. The van der Waals surface area contributed by atoms with Crippen molar-refractivity contribution >= 4 is 27.5 Å². The number of fused-ring (bicyclic) bond motifs is 1. The molecule has 1 aliphatic rings. The van der Waals surface area contributed by atoms with E-state index >= 15 is 0 Å². The molecule has 0 saturated carbocycles. The Morgan fingerprint density at radius 2 is 1.48 bits per heavy atom. The molecule has 1 atom stereocenters. The number of amides is 2. The van der Waals surface area contributed by atoms with Gasteiger partial charge in [-0.05, 0) is 66.9 Å². The van der Waals surface area contributed by atoms with Gasteiger partial charge in [0, 0.05) is 19.2 Å². The third-order valence-corrected chi connectivity index (χ3v) is 8.38. The van der Waals surface area contributed by atoms with E-state index in [9.17, 15) is 26.8 Å². The van der Waals surface area contributed by atoms with Gasteiger partial charge in [0.2, 0.25) is 11.8 Å². The van der Waals surface area contributed by atoms with Crippen molar-refractivity contribution < 1.29 is 36.3 Å². The molecule has 3 aromatic carbocycles. The number of halogens is 2. The first kappa shape index (κ1) is 30.8. The second-order valence-electron chi connectivity index (χ2n) is 10.3. The number of carbonyl (C=O) groups excluding carboxylic acids is 2. The maximum absolute atomic E-state index is 14.0. The monoisotopic (exact) mass is 601 g/mol. The van der Waals surface area contributed by atoms with Crippen LogP contribution < -0.4 is 19.1 Å². The Morgan fingerprint density at radius 3 is 2.10 bits per heavy atom. The quantitative estimate of drug-likeness (QED) is 0.355. The molecule has 3 aromatic rings. The maximum Gasteiger partial charge on any atom is 0.264 e. The standard InChI is InChI=1S/C30H33F2N3O6S/c1-20(2)17-33-30(37)21(3)34(18-22-4-6-23(31)7-5-22)29(36)19-35(25-10-8-24(32)9-11-25)42(38,39)26-12-13-27-28(16-26)41-15-14-40-27/h4-13,16,20-21H,14-15,17-19H2,1-3H3,(H,33,37). The molecule has 1 heterocycles. The first-order chi connectivity index (χ1) is 20.0. The van der Waals surface area contributed by atoms with Crippen LogP contribution >= 0.6 is 0 Å². The van der Waals surface area contributed by atoms with Gasteiger partial charge in [-0.25, -0.2) is 17.2 Å². The van der Waals surface area contributed by atoms with Crippen LogP contribution in [0.15, 0.2) is 71.6 Å². The summed E-state index contributed by atoms with van der Waals surface area (Å²) in [5, 5.41) is 2.80. The lowest BCUT2D eigenvalue weighted by Crippen LogP contribution is -2.51. The predicted molar refractivity (Wildman–Crippen MR) is 153 cm³/mol. The van der Waals surface area contributed by atoms with E-state index in [-0.39, 0.29) is 35.4 Å². The Bertz CT molecular complexity index is 1510. The lowest BCUT2D eigenvalue weighted by Gasteiger charge is -2.32. The van der Waals surface area contributed by atoms with E-state index in [1.165, 1.54) is 66.4 Å². The molecule has 0 radical (unpaired) electrons. The normalized spacial score (nSPS) is 13.4. The summed E-state index contributed by atoms with van der Waals surface area (Å²) >= 11 is 0. The van der Waals surface area contributed by atoms with E-state index in [1.54, 1.807) is 0 Å². The van der Waals surface area contributed by atoms with Gasteiger partial charge in [0.25, 0.3) is 10.0 Å². The van der Waals surface area contributed by atoms with Crippen LogP contribution in [0.1, 0.15) is 26.3 Å². The van der Waals surface area contributed by atoms with Crippen molar-refractivity contribution in [1.82, 2.24) is 10.2 Å². The third kappa shape index (κ3) is 7.35. The van der Waals surface area contributed by atoms with Gasteiger partial charge in [0.15, 0.2) is 11.5 Å². The Labute approximate surface area is 244 Å². The largest absolute Gasteiger partial charge is 0.486 e. The summed E-state index contributed by atoms with van der Waals surface area (Å²) in [5.41, 5.74) is 0.578. The van der Waals surface area contributed by atoms with Crippen LogP contribution in [-0.4, -0.2) is 57.5 Å². The van der Waals surface area contributed by atoms with Crippen LogP contribution in [0, 0.1) is 17.6 Å². The molecule has 12 heteroatoms. The summed E-state index contributed by atoms with van der Waals surface area (Å²) in [6.07, 6.45) is 0. The summed E-state index contributed by atoms with van der Waals surface area (Å²) in [4.78, 5) is 28.0. The van der Waals surface area contributed by atoms with Gasteiger partial charge in [0.05, 0.1) is 10.6 Å². The molecular formula is C30H33F2N3O6S. The number of nitrogens with one attached hydrogen (secondary N) is 1. The number of ether oxygens (including phenoxy) is 2. The smallest absolute Gasteiger partial charge is 0.264 e. The van der Waals surface area contributed by atoms with Gasteiger partial charge < -0.3 is 19.7 Å². The number of anilines is 1. The summed E-state index contributed by atoms with van der Waals surface area (Å²) in [6.45, 7) is 5.54. The number of sulfonamides is 1. The number of benzene rings is 3. The van der Waals surface area contributed by atoms with Crippen molar-refractivity contribution in [2.75, 3.05) is 30.6 Å². The average Bonchev–Trinajstić information content (AvgIpc) is 2.98. The van der Waals surface area contributed by atoms with E-state index in [0.717, 1.165) is 16.4 Å². The van der Waals surface area contributed by atoms with Crippen molar-refractivity contribution in [3.63, 3.8) is 0 Å². The summed E-state index contributed by atoms with van der Waals surface area (Å²) in [5.74, 6) is -1.40. The van der Waals surface area contributed by atoms with Crippen LogP contribution in [0.2, 0.25) is 0 Å². The van der Waals surface area contributed by atoms with Gasteiger partial charge >= 0.3 is 0 Å². The molecule has 0 saturated heterocycles. The minimum atomic E-state index is -4.40. The molecule has 224 valence electrons. The minimum absolute atomic E-state index is 0.0401. The number of hydrogen-bond acceptors (Lipinski definition) is 6. The van der Waals surface area contributed by atoms with Crippen molar-refractivity contribution in [2.45, 2.75) is 38.3 Å². The van der Waals surface area contributed by atoms with Crippen molar-refractivity contribution in [3.8, 4) is 11.5 Å². The lowest BCUT2D eigenvalue weighted by atomic mass is 10.1. The minimum Gasteiger partial charge on any atom is -0.486 e. The van der Waals surface area contributed by atoms with Crippen LogP contribution in [-0.2, 0) is 26.2 Å². The van der Waals surface area contributed by atoms with Crippen molar-refractivity contribution in [1.29, 1.82) is 0 Å². The van der Waals surface area contributed by atoms with E-state index in [1.807, 2.05) is 13.8 Å². The molecule has 0 fully saturated rings. The molecule has 2 amide bonds. The van der Waals surface area contributed by atoms with E-state index < -0.39 is 46.1 Å². The molecule has 9 nitrogen and oxygen atoms in total. The Hall–Kier alpha value is -4.19. The zero-order valence-electron chi connectivity index (χ0n) is 23.5. The molecular weight excluding hydrogens is 568 g/mol. The average molecular weight is 602 g/mol. The summed E-state index contributed by atoms with van der Waals surface area (Å²) < 4.78 is 67.2. The highest BCUT2D eigenvalue weighted by Crippen LogP contribution is 2.34. The number of carbonyl (C=O) groups is 2. The van der Waals surface area contributed by atoms with Gasteiger partial charge in [-0.1, -0.05) is 26.0 Å². The second-order valence-corrected chi connectivity index (χ2v) is 12.1. The first-order valence-corrected chi connectivity index (χ1v) is 14.9. The molecule has 1 aliphatic heterocycles. The molecule has 1 unspecified atom stereocenters. The molecule has 1 N–H and O–H groups in total. The fraction of sp³-hybridized carbons (Fsp3) is 0.333. The molecule has 0 bridgehead atoms. The molecule has 0 aromatic heterocycles. The predicted octanol–water partition coefficient (Wildman–Crippen LogP) is 4.12. The maximum atomic E-state index is 14.0. The topological polar surface area (TPSA) is 105 Å². The van der Waals surface area contributed by atoms with Crippen LogP contribution in [0.25, 0.3) is 0 Å². The van der Waals surface area contributed by atoms with Gasteiger partial charge in [-0.2, -0.15) is 0 Å². The van der Waals surface area contributed by atoms with E-state index in [0.29, 0.717) is 24.5 Å². The van der Waals surface area contributed by atoms with E-state index in [2.05, 4.69) is 5.32 Å². The molecule has 42 heavy (non-hydrogen) atoms. The highest BCUT2D eigenvalue weighted by molar-refractivity contribution is 7.92.